The lowest BCUT2D eigenvalue weighted by Gasteiger charge is -2.13. The average molecular weight is 481 g/mol. The van der Waals surface area contributed by atoms with Crippen molar-refractivity contribution < 1.29 is 19.4 Å². The summed E-state index contributed by atoms with van der Waals surface area (Å²) in [7, 11) is 0. The Bertz CT molecular complexity index is 840. The molecule has 8 heteroatoms. The maximum absolute atomic E-state index is 12.0. The molecule has 0 aliphatic rings. The Kier molecular flexibility index (Phi) is 7.59. The van der Waals surface area contributed by atoms with Crippen molar-refractivity contribution in [1.29, 1.82) is 0 Å². The molecule has 0 aliphatic carbocycles. The molecule has 1 atom stereocenters. The van der Waals surface area contributed by atoms with E-state index in [1.165, 1.54) is 6.21 Å². The van der Waals surface area contributed by atoms with Crippen LogP contribution in [0.1, 0.15) is 31.0 Å². The van der Waals surface area contributed by atoms with Gasteiger partial charge in [-0.3, -0.25) is 9.59 Å². The van der Waals surface area contributed by atoms with E-state index in [-0.39, 0.29) is 11.8 Å². The summed E-state index contributed by atoms with van der Waals surface area (Å²) < 4.78 is 5.93. The maximum atomic E-state index is 12.0. The van der Waals surface area contributed by atoms with Crippen LogP contribution < -0.4 is 15.5 Å². The standard InChI is InChI=1S/C19H20IN3O4/c1-3-27-16-10-13(9-15(20)17(16)24)11-21-23-19(26)18(25)22-12(2)14-7-5-4-6-8-14/h4-12,24H,3H2,1-2H3,(H,22,25)(H,23,26)/b21-11-/t12-/m0/s1. The minimum Gasteiger partial charge on any atom is -0.504 e. The summed E-state index contributed by atoms with van der Waals surface area (Å²) in [5, 5.41) is 16.3. The Morgan fingerprint density at radius 3 is 2.63 bits per heavy atom. The van der Waals surface area contributed by atoms with Gasteiger partial charge in [0.15, 0.2) is 11.5 Å². The number of ether oxygens (including phenoxy) is 1. The van der Waals surface area contributed by atoms with Crippen LogP contribution in [-0.2, 0) is 9.59 Å². The van der Waals surface area contributed by atoms with Crippen LogP contribution in [0.4, 0.5) is 0 Å². The quantitative estimate of drug-likeness (QED) is 0.256. The van der Waals surface area contributed by atoms with Crippen molar-refractivity contribution in [3.8, 4) is 11.5 Å². The molecule has 0 radical (unpaired) electrons. The molecule has 0 bridgehead atoms. The first-order chi connectivity index (χ1) is 12.9. The van der Waals surface area contributed by atoms with Crippen LogP contribution in [0, 0.1) is 3.57 Å². The third-order valence-electron chi connectivity index (χ3n) is 3.58. The van der Waals surface area contributed by atoms with Gasteiger partial charge >= 0.3 is 11.8 Å². The second-order valence-electron chi connectivity index (χ2n) is 5.59. The Labute approximate surface area is 171 Å². The predicted molar refractivity (Wildman–Crippen MR) is 111 cm³/mol. The van der Waals surface area contributed by atoms with E-state index >= 15 is 0 Å². The molecule has 0 spiro atoms. The molecule has 3 N–H and O–H groups in total. The van der Waals surface area contributed by atoms with Crippen LogP contribution >= 0.6 is 22.6 Å². The van der Waals surface area contributed by atoms with Crippen molar-refractivity contribution in [3.05, 3.63) is 57.2 Å². The van der Waals surface area contributed by atoms with Crippen molar-refractivity contribution in [2.24, 2.45) is 5.10 Å². The molecule has 7 nitrogen and oxygen atoms in total. The van der Waals surface area contributed by atoms with E-state index < -0.39 is 11.8 Å². The van der Waals surface area contributed by atoms with Gasteiger partial charge in [0.25, 0.3) is 0 Å². The topological polar surface area (TPSA) is 100 Å². The van der Waals surface area contributed by atoms with Crippen molar-refractivity contribution in [2.45, 2.75) is 19.9 Å². The normalized spacial score (nSPS) is 11.8. The van der Waals surface area contributed by atoms with Gasteiger partial charge in [0.1, 0.15) is 0 Å². The maximum Gasteiger partial charge on any atom is 0.329 e. The summed E-state index contributed by atoms with van der Waals surface area (Å²) in [6.45, 7) is 4.00. The zero-order valence-corrected chi connectivity index (χ0v) is 17.1. The highest BCUT2D eigenvalue weighted by atomic mass is 127. The smallest absolute Gasteiger partial charge is 0.329 e. The minimum absolute atomic E-state index is 0.0490. The number of aromatic hydroxyl groups is 1. The SMILES string of the molecule is CCOc1cc(/C=N\NC(=O)C(=O)N[C@@H](C)c2ccccc2)cc(I)c1O. The van der Waals surface area contributed by atoms with Gasteiger partial charge in [0.2, 0.25) is 0 Å². The van der Waals surface area contributed by atoms with Crippen LogP contribution in [0.3, 0.4) is 0 Å². The Morgan fingerprint density at radius 2 is 1.96 bits per heavy atom. The van der Waals surface area contributed by atoms with Gasteiger partial charge in [-0.2, -0.15) is 5.10 Å². The number of nitrogens with one attached hydrogen (secondary N) is 2. The first-order valence-corrected chi connectivity index (χ1v) is 9.34. The Balaban J connectivity index is 1.95. The summed E-state index contributed by atoms with van der Waals surface area (Å²) in [5.41, 5.74) is 3.69. The molecule has 2 rings (SSSR count). The molecule has 0 saturated heterocycles. The Hall–Kier alpha value is -2.62. The number of benzene rings is 2. The summed E-state index contributed by atoms with van der Waals surface area (Å²) in [6, 6.07) is 12.3. The van der Waals surface area contributed by atoms with Crippen LogP contribution in [0.2, 0.25) is 0 Å². The first kappa shape index (κ1) is 20.7. The van der Waals surface area contributed by atoms with Gasteiger partial charge in [-0.25, -0.2) is 5.43 Å². The lowest BCUT2D eigenvalue weighted by Crippen LogP contribution is -2.39. The summed E-state index contributed by atoms with van der Waals surface area (Å²) in [5.74, 6) is -1.27. The van der Waals surface area contributed by atoms with Gasteiger partial charge in [0, 0.05) is 0 Å². The van der Waals surface area contributed by atoms with Gasteiger partial charge in [0.05, 0.1) is 22.4 Å². The number of hydrogen-bond donors (Lipinski definition) is 3. The lowest BCUT2D eigenvalue weighted by molar-refractivity contribution is -0.139. The van der Waals surface area contributed by atoms with Crippen molar-refractivity contribution >= 4 is 40.6 Å². The van der Waals surface area contributed by atoms with Gasteiger partial charge in [-0.15, -0.1) is 0 Å². The number of hydrogen-bond acceptors (Lipinski definition) is 5. The van der Waals surface area contributed by atoms with Gasteiger partial charge in [-0.1, -0.05) is 30.3 Å². The summed E-state index contributed by atoms with van der Waals surface area (Å²) in [4.78, 5) is 23.8. The first-order valence-electron chi connectivity index (χ1n) is 8.26. The monoisotopic (exact) mass is 481 g/mol. The largest absolute Gasteiger partial charge is 0.504 e. The Morgan fingerprint density at radius 1 is 1.26 bits per heavy atom. The summed E-state index contributed by atoms with van der Waals surface area (Å²) in [6.07, 6.45) is 1.37. The molecular weight excluding hydrogens is 461 g/mol. The lowest BCUT2D eigenvalue weighted by atomic mass is 10.1. The predicted octanol–water partition coefficient (Wildman–Crippen LogP) is 2.72. The van der Waals surface area contributed by atoms with Crippen LogP contribution in [0.25, 0.3) is 0 Å². The molecule has 2 aromatic rings. The van der Waals surface area contributed by atoms with E-state index in [1.54, 1.807) is 19.1 Å². The van der Waals surface area contributed by atoms with Crippen LogP contribution in [0.15, 0.2) is 47.6 Å². The average Bonchev–Trinajstić information content (AvgIpc) is 2.66. The van der Waals surface area contributed by atoms with Crippen LogP contribution in [-0.4, -0.2) is 29.7 Å². The van der Waals surface area contributed by atoms with Gasteiger partial charge in [-0.05, 0) is 59.7 Å². The van der Waals surface area contributed by atoms with E-state index in [0.717, 1.165) is 5.56 Å². The number of carbonyl (C=O) groups is 2. The van der Waals surface area contributed by atoms with Gasteiger partial charge < -0.3 is 15.2 Å². The number of phenols is 1. The second kappa shape index (κ2) is 9.91. The molecule has 0 heterocycles. The summed E-state index contributed by atoms with van der Waals surface area (Å²) >= 11 is 1.97. The van der Waals surface area contributed by atoms with Crippen molar-refractivity contribution in [1.82, 2.24) is 10.7 Å². The molecule has 0 fully saturated rings. The molecule has 0 unspecified atom stereocenters. The fourth-order valence-electron chi connectivity index (χ4n) is 2.24. The van der Waals surface area contributed by atoms with Crippen molar-refractivity contribution in [2.75, 3.05) is 6.61 Å². The zero-order chi connectivity index (χ0) is 19.8. The fourth-order valence-corrected chi connectivity index (χ4v) is 2.86. The fraction of sp³-hybridized carbons (Fsp3) is 0.211. The molecular formula is C19H20IN3O4. The molecule has 27 heavy (non-hydrogen) atoms. The number of halogens is 1. The second-order valence-corrected chi connectivity index (χ2v) is 6.75. The van der Waals surface area contributed by atoms with E-state index in [4.69, 9.17) is 4.74 Å². The number of hydrazone groups is 1. The van der Waals surface area contributed by atoms with E-state index in [9.17, 15) is 14.7 Å². The molecule has 2 aromatic carbocycles. The van der Waals surface area contributed by atoms with Crippen LogP contribution in [0.5, 0.6) is 11.5 Å². The third kappa shape index (κ3) is 5.95. The number of phenolic OH excluding ortho intramolecular Hbond substituents is 1. The minimum atomic E-state index is -0.868. The van der Waals surface area contributed by atoms with Crippen molar-refractivity contribution in [3.63, 3.8) is 0 Å². The zero-order valence-electron chi connectivity index (χ0n) is 14.9. The molecule has 142 valence electrons. The highest BCUT2D eigenvalue weighted by molar-refractivity contribution is 14.1. The number of carbonyl (C=O) groups excluding carboxylic acids is 2. The van der Waals surface area contributed by atoms with E-state index in [2.05, 4.69) is 15.8 Å². The van der Waals surface area contributed by atoms with E-state index in [0.29, 0.717) is 21.5 Å². The highest BCUT2D eigenvalue weighted by Gasteiger charge is 2.16. The molecule has 0 aliphatic heterocycles. The van der Waals surface area contributed by atoms with E-state index in [1.807, 2.05) is 59.8 Å². The molecule has 0 saturated carbocycles. The highest BCUT2D eigenvalue weighted by Crippen LogP contribution is 2.32. The number of rotatable bonds is 6. The molecule has 2 amide bonds. The molecule has 0 aromatic heterocycles. The number of nitrogens with zero attached hydrogens (tertiary/aromatic N) is 1. The third-order valence-corrected chi connectivity index (χ3v) is 4.41. The number of amides is 2.